The Kier molecular flexibility index (Phi) is 7.43. The van der Waals surface area contributed by atoms with E-state index in [4.69, 9.17) is 15.1 Å². The number of rotatable bonds is 8. The van der Waals surface area contributed by atoms with E-state index in [1.807, 2.05) is 48.7 Å². The third-order valence-electron chi connectivity index (χ3n) is 6.41. The highest BCUT2D eigenvalue weighted by Gasteiger charge is 2.17. The van der Waals surface area contributed by atoms with E-state index in [0.29, 0.717) is 28.7 Å². The fourth-order valence-corrected chi connectivity index (χ4v) is 4.41. The molecule has 9 nitrogen and oxygen atoms in total. The molecule has 9 heteroatoms. The molecule has 1 saturated heterocycles. The maximum absolute atomic E-state index is 10.1. The average molecular weight is 486 g/mol. The predicted octanol–water partition coefficient (Wildman–Crippen LogP) is 2.99. The fourth-order valence-electron chi connectivity index (χ4n) is 4.41. The molecule has 3 aromatic heterocycles. The molecule has 1 atom stereocenters. The van der Waals surface area contributed by atoms with Gasteiger partial charge in [-0.1, -0.05) is 36.4 Å². The van der Waals surface area contributed by atoms with E-state index in [9.17, 15) is 5.11 Å². The number of nitrogens with zero attached hydrogens (tertiary/aromatic N) is 6. The summed E-state index contributed by atoms with van der Waals surface area (Å²) in [4.78, 5) is 23.2. The first-order valence-electron chi connectivity index (χ1n) is 12.3. The largest absolute Gasteiger partial charge is 0.395 e. The summed E-state index contributed by atoms with van der Waals surface area (Å²) in [5.41, 5.74) is 4.07. The zero-order chi connectivity index (χ0) is 24.9. The van der Waals surface area contributed by atoms with Crippen LogP contribution in [0.2, 0.25) is 0 Å². The normalized spacial score (nSPS) is 15.8. The Bertz CT molecular complexity index is 1290. The average Bonchev–Trinajstić information content (AvgIpc) is 2.91. The zero-order valence-corrected chi connectivity index (χ0v) is 20.4. The highest BCUT2D eigenvalue weighted by Crippen LogP contribution is 2.29. The van der Waals surface area contributed by atoms with Gasteiger partial charge in [-0.25, -0.2) is 19.9 Å². The maximum Gasteiger partial charge on any atom is 0.228 e. The van der Waals surface area contributed by atoms with Gasteiger partial charge < -0.3 is 15.5 Å². The number of fused-ring (bicyclic) bond motifs is 1. The summed E-state index contributed by atoms with van der Waals surface area (Å²) >= 11 is 0. The van der Waals surface area contributed by atoms with E-state index in [1.54, 1.807) is 13.1 Å². The van der Waals surface area contributed by atoms with Gasteiger partial charge in [0.15, 0.2) is 0 Å². The minimum absolute atomic E-state index is 0.215. The molecule has 186 valence electrons. The highest BCUT2D eigenvalue weighted by atomic mass is 16.3. The topological polar surface area (TPSA) is 111 Å². The monoisotopic (exact) mass is 485 g/mol. The summed E-state index contributed by atoms with van der Waals surface area (Å²) in [5, 5.41) is 23.3. The van der Waals surface area contributed by atoms with Gasteiger partial charge in [-0.3, -0.25) is 9.80 Å². The lowest BCUT2D eigenvalue weighted by molar-refractivity contribution is 0.108. The van der Waals surface area contributed by atoms with Crippen molar-refractivity contribution in [3.05, 3.63) is 72.2 Å². The number of hydrogen-bond donors (Lipinski definition) is 3. The van der Waals surface area contributed by atoms with Crippen LogP contribution in [0.3, 0.4) is 0 Å². The van der Waals surface area contributed by atoms with Crippen LogP contribution in [0.5, 0.6) is 0 Å². The van der Waals surface area contributed by atoms with Crippen molar-refractivity contribution in [1.29, 1.82) is 0 Å². The number of aromatic nitrogens is 4. The van der Waals surface area contributed by atoms with Crippen molar-refractivity contribution in [2.45, 2.75) is 19.6 Å². The van der Waals surface area contributed by atoms with Gasteiger partial charge >= 0.3 is 0 Å². The maximum atomic E-state index is 10.1. The van der Waals surface area contributed by atoms with Crippen molar-refractivity contribution in [3.8, 4) is 11.3 Å². The molecule has 1 unspecified atom stereocenters. The quantitative estimate of drug-likeness (QED) is 0.347. The van der Waals surface area contributed by atoms with E-state index >= 15 is 0 Å². The van der Waals surface area contributed by atoms with Gasteiger partial charge in [-0.2, -0.15) is 0 Å². The smallest absolute Gasteiger partial charge is 0.228 e. The Morgan fingerprint density at radius 1 is 0.944 bits per heavy atom. The van der Waals surface area contributed by atoms with Crippen LogP contribution in [0.25, 0.3) is 22.2 Å². The standard InChI is InChI=1S/C27H31N7O2/c1-19(36)23-15-22-17-29-27(32-26(22)25(30-23)21-5-3-2-4-6-21)31-24-8-7-20(16-28-24)18-34-11-9-33(10-12-34)13-14-35/h2-8,15-17,19,35-36H,9-14,18H2,1H3,(H,28,29,31,32). The number of benzene rings is 1. The van der Waals surface area contributed by atoms with Crippen molar-refractivity contribution in [1.82, 2.24) is 29.7 Å². The molecule has 1 aliphatic heterocycles. The zero-order valence-electron chi connectivity index (χ0n) is 20.4. The minimum atomic E-state index is -0.693. The first kappa shape index (κ1) is 24.2. The number of β-amino-alcohol motifs (C(OH)–C–C–N with tert-alkyl or cyclic N) is 1. The van der Waals surface area contributed by atoms with Gasteiger partial charge in [0.05, 0.1) is 24.1 Å². The molecular formula is C27H31N7O2. The minimum Gasteiger partial charge on any atom is -0.395 e. The molecule has 36 heavy (non-hydrogen) atoms. The lowest BCUT2D eigenvalue weighted by atomic mass is 10.1. The van der Waals surface area contributed by atoms with Gasteiger partial charge in [0, 0.05) is 62.6 Å². The summed E-state index contributed by atoms with van der Waals surface area (Å²) in [6.45, 7) is 7.44. The highest BCUT2D eigenvalue weighted by molar-refractivity contribution is 5.92. The van der Waals surface area contributed by atoms with Crippen LogP contribution in [0.15, 0.2) is 60.9 Å². The lowest BCUT2D eigenvalue weighted by Gasteiger charge is -2.34. The molecule has 4 heterocycles. The van der Waals surface area contributed by atoms with Crippen molar-refractivity contribution < 1.29 is 10.2 Å². The van der Waals surface area contributed by atoms with Gasteiger partial charge in [-0.05, 0) is 24.6 Å². The Morgan fingerprint density at radius 3 is 2.42 bits per heavy atom. The fraction of sp³-hybridized carbons (Fsp3) is 0.333. The van der Waals surface area contributed by atoms with Crippen molar-refractivity contribution in [2.24, 2.45) is 0 Å². The van der Waals surface area contributed by atoms with E-state index in [0.717, 1.165) is 55.8 Å². The SMILES string of the molecule is CC(O)c1cc2cnc(Nc3ccc(CN4CCN(CCO)CC4)cn3)nc2c(-c2ccccc2)n1. The molecule has 0 amide bonds. The molecule has 0 saturated carbocycles. The second kappa shape index (κ2) is 11.0. The third-order valence-corrected chi connectivity index (χ3v) is 6.41. The molecule has 5 rings (SSSR count). The molecule has 0 spiro atoms. The van der Waals surface area contributed by atoms with Crippen molar-refractivity contribution >= 4 is 22.7 Å². The van der Waals surface area contributed by atoms with E-state index in [1.165, 1.54) is 0 Å². The van der Waals surface area contributed by atoms with E-state index in [2.05, 4.69) is 31.2 Å². The van der Waals surface area contributed by atoms with Crippen LogP contribution in [-0.2, 0) is 6.54 Å². The summed E-state index contributed by atoms with van der Waals surface area (Å²) in [6, 6.07) is 15.7. The van der Waals surface area contributed by atoms with E-state index in [-0.39, 0.29) is 6.61 Å². The Hall–Kier alpha value is -3.50. The van der Waals surface area contributed by atoms with Crippen molar-refractivity contribution in [2.75, 3.05) is 44.6 Å². The Morgan fingerprint density at radius 2 is 1.72 bits per heavy atom. The van der Waals surface area contributed by atoms with Crippen LogP contribution in [0, 0.1) is 0 Å². The number of anilines is 2. The van der Waals surface area contributed by atoms with Gasteiger partial charge in [0.1, 0.15) is 11.3 Å². The van der Waals surface area contributed by atoms with Crippen LogP contribution in [-0.4, -0.2) is 79.3 Å². The Labute approximate surface area is 210 Å². The van der Waals surface area contributed by atoms with Gasteiger partial charge in [0.25, 0.3) is 0 Å². The second-order valence-corrected chi connectivity index (χ2v) is 9.09. The number of nitrogens with one attached hydrogen (secondary N) is 1. The van der Waals surface area contributed by atoms with Crippen LogP contribution >= 0.6 is 0 Å². The summed E-state index contributed by atoms with van der Waals surface area (Å²) in [7, 11) is 0. The molecule has 1 aromatic carbocycles. The summed E-state index contributed by atoms with van der Waals surface area (Å²) < 4.78 is 0. The molecule has 4 aromatic rings. The molecule has 0 aliphatic carbocycles. The number of aliphatic hydroxyl groups excluding tert-OH is 2. The first-order chi connectivity index (χ1) is 17.6. The van der Waals surface area contributed by atoms with Gasteiger partial charge in [-0.15, -0.1) is 0 Å². The number of hydrogen-bond acceptors (Lipinski definition) is 9. The molecule has 0 radical (unpaired) electrons. The number of pyridine rings is 2. The first-order valence-corrected chi connectivity index (χ1v) is 12.3. The van der Waals surface area contributed by atoms with Crippen LogP contribution < -0.4 is 5.32 Å². The van der Waals surface area contributed by atoms with E-state index < -0.39 is 6.10 Å². The molecule has 0 bridgehead atoms. The molecule has 3 N–H and O–H groups in total. The predicted molar refractivity (Wildman–Crippen MR) is 140 cm³/mol. The molecule has 1 fully saturated rings. The number of aliphatic hydroxyl groups is 2. The second-order valence-electron chi connectivity index (χ2n) is 9.09. The van der Waals surface area contributed by atoms with Crippen LogP contribution in [0.4, 0.5) is 11.8 Å². The molecular weight excluding hydrogens is 454 g/mol. The number of piperazine rings is 1. The third kappa shape index (κ3) is 5.66. The Balaban J connectivity index is 1.32. The summed E-state index contributed by atoms with van der Waals surface area (Å²) in [5.74, 6) is 1.10. The van der Waals surface area contributed by atoms with Gasteiger partial charge in [0.2, 0.25) is 5.95 Å². The summed E-state index contributed by atoms with van der Waals surface area (Å²) in [6.07, 6.45) is 2.94. The molecule has 1 aliphatic rings. The van der Waals surface area contributed by atoms with Crippen molar-refractivity contribution in [3.63, 3.8) is 0 Å². The lowest BCUT2D eigenvalue weighted by Crippen LogP contribution is -2.46. The van der Waals surface area contributed by atoms with Crippen LogP contribution in [0.1, 0.15) is 24.3 Å².